The molecule has 0 amide bonds. The van der Waals surface area contributed by atoms with Crippen molar-refractivity contribution in [3.63, 3.8) is 0 Å². The van der Waals surface area contributed by atoms with E-state index in [0.29, 0.717) is 5.96 Å². The first-order chi connectivity index (χ1) is 8.88. The maximum atomic E-state index is 5.84. The molecule has 0 saturated carbocycles. The fourth-order valence-corrected chi connectivity index (χ4v) is 2.54. The van der Waals surface area contributed by atoms with Crippen molar-refractivity contribution in [1.29, 1.82) is 0 Å². The van der Waals surface area contributed by atoms with Crippen molar-refractivity contribution in [2.45, 2.75) is 71.4 Å². The zero-order valence-electron chi connectivity index (χ0n) is 13.2. The Morgan fingerprint density at radius 3 is 2.68 bits per heavy atom. The van der Waals surface area contributed by atoms with Gasteiger partial charge in [-0.05, 0) is 66.5 Å². The van der Waals surface area contributed by atoms with Gasteiger partial charge in [0.2, 0.25) is 0 Å². The molecule has 112 valence electrons. The predicted octanol–water partition coefficient (Wildman–Crippen LogP) is 2.34. The minimum absolute atomic E-state index is 0.00316. The van der Waals surface area contributed by atoms with Gasteiger partial charge in [0.15, 0.2) is 5.96 Å². The van der Waals surface area contributed by atoms with Crippen molar-refractivity contribution < 1.29 is 0 Å². The number of piperidine rings is 1. The number of aliphatic imine (C=N–C) groups is 1. The summed E-state index contributed by atoms with van der Waals surface area (Å²) in [4.78, 5) is 6.99. The predicted molar refractivity (Wildman–Crippen MR) is 83.5 cm³/mol. The topological polar surface area (TPSA) is 53.6 Å². The van der Waals surface area contributed by atoms with Gasteiger partial charge in [-0.3, -0.25) is 4.99 Å². The molecule has 4 nitrogen and oxygen atoms in total. The average Bonchev–Trinajstić information content (AvgIpc) is 2.28. The molecule has 1 fully saturated rings. The molecule has 0 bridgehead atoms. The third-order valence-corrected chi connectivity index (χ3v) is 3.58. The van der Waals surface area contributed by atoms with Crippen molar-refractivity contribution in [3.8, 4) is 0 Å². The summed E-state index contributed by atoms with van der Waals surface area (Å²) in [5, 5.41) is 3.18. The van der Waals surface area contributed by atoms with Crippen LogP contribution in [-0.2, 0) is 0 Å². The van der Waals surface area contributed by atoms with E-state index in [4.69, 9.17) is 5.73 Å². The van der Waals surface area contributed by atoms with E-state index in [1.54, 1.807) is 0 Å². The minimum atomic E-state index is -0.00316. The first kappa shape index (κ1) is 16.3. The largest absolute Gasteiger partial charge is 0.370 e. The summed E-state index contributed by atoms with van der Waals surface area (Å²) in [7, 11) is 0. The molecule has 0 aromatic rings. The summed E-state index contributed by atoms with van der Waals surface area (Å²) in [6.07, 6.45) is 6.47. The maximum absolute atomic E-state index is 5.84. The SMILES string of the molecule is CC1CCCCN1CCCCN=C(N)NC(C)(C)C. The molecule has 0 spiro atoms. The van der Waals surface area contributed by atoms with Crippen molar-refractivity contribution in [1.82, 2.24) is 10.2 Å². The van der Waals surface area contributed by atoms with Crippen LogP contribution in [0.25, 0.3) is 0 Å². The standard InChI is InChI=1S/C15H32N4/c1-13-9-5-7-11-19(13)12-8-6-10-17-14(16)18-15(2,3)4/h13H,5-12H2,1-4H3,(H3,16,17,18). The lowest BCUT2D eigenvalue weighted by atomic mass is 10.0. The van der Waals surface area contributed by atoms with Crippen molar-refractivity contribution in [2.24, 2.45) is 10.7 Å². The Kier molecular flexibility index (Phi) is 6.63. The fourth-order valence-electron chi connectivity index (χ4n) is 2.54. The van der Waals surface area contributed by atoms with E-state index in [9.17, 15) is 0 Å². The zero-order valence-corrected chi connectivity index (χ0v) is 13.2. The summed E-state index contributed by atoms with van der Waals surface area (Å²) >= 11 is 0. The summed E-state index contributed by atoms with van der Waals surface area (Å²) in [5.41, 5.74) is 5.83. The molecule has 0 aliphatic carbocycles. The number of likely N-dealkylation sites (tertiary alicyclic amines) is 1. The number of nitrogens with one attached hydrogen (secondary N) is 1. The van der Waals surface area contributed by atoms with Crippen LogP contribution in [0.15, 0.2) is 4.99 Å². The van der Waals surface area contributed by atoms with E-state index in [2.05, 4.69) is 42.9 Å². The van der Waals surface area contributed by atoms with Crippen LogP contribution >= 0.6 is 0 Å². The van der Waals surface area contributed by atoms with Crippen LogP contribution in [0.3, 0.4) is 0 Å². The quantitative estimate of drug-likeness (QED) is 0.457. The molecule has 1 unspecified atom stereocenters. The number of hydrogen-bond donors (Lipinski definition) is 2. The molecular formula is C15H32N4. The van der Waals surface area contributed by atoms with Crippen LogP contribution < -0.4 is 11.1 Å². The highest BCUT2D eigenvalue weighted by atomic mass is 15.2. The molecule has 1 aliphatic heterocycles. The summed E-state index contributed by atoms with van der Waals surface area (Å²) in [6.45, 7) is 11.9. The lowest BCUT2D eigenvalue weighted by Gasteiger charge is -2.33. The second kappa shape index (κ2) is 7.73. The number of nitrogens with zero attached hydrogens (tertiary/aromatic N) is 2. The monoisotopic (exact) mass is 268 g/mol. The summed E-state index contributed by atoms with van der Waals surface area (Å²) in [6, 6.07) is 0.768. The van der Waals surface area contributed by atoms with Gasteiger partial charge in [0.1, 0.15) is 0 Å². The fraction of sp³-hybridized carbons (Fsp3) is 0.933. The van der Waals surface area contributed by atoms with Gasteiger partial charge in [-0.15, -0.1) is 0 Å². The van der Waals surface area contributed by atoms with Crippen LogP contribution in [0.2, 0.25) is 0 Å². The van der Waals surface area contributed by atoms with E-state index >= 15 is 0 Å². The first-order valence-corrected chi connectivity index (χ1v) is 7.70. The van der Waals surface area contributed by atoms with Crippen LogP contribution in [-0.4, -0.2) is 42.1 Å². The Hall–Kier alpha value is -0.770. The third-order valence-electron chi connectivity index (χ3n) is 3.58. The summed E-state index contributed by atoms with van der Waals surface area (Å²) < 4.78 is 0. The van der Waals surface area contributed by atoms with Gasteiger partial charge in [-0.1, -0.05) is 6.42 Å². The van der Waals surface area contributed by atoms with E-state index < -0.39 is 0 Å². The first-order valence-electron chi connectivity index (χ1n) is 7.70. The molecule has 1 aliphatic rings. The second-order valence-electron chi connectivity index (χ2n) is 6.73. The molecule has 1 heterocycles. The van der Waals surface area contributed by atoms with E-state index in [1.165, 1.54) is 38.8 Å². The van der Waals surface area contributed by atoms with Crippen molar-refractivity contribution >= 4 is 5.96 Å². The molecule has 0 aromatic carbocycles. The highest BCUT2D eigenvalue weighted by Gasteiger charge is 2.16. The van der Waals surface area contributed by atoms with Crippen molar-refractivity contribution in [3.05, 3.63) is 0 Å². The molecule has 3 N–H and O–H groups in total. The Labute approximate surface area is 118 Å². The van der Waals surface area contributed by atoms with Crippen LogP contribution in [0.4, 0.5) is 0 Å². The van der Waals surface area contributed by atoms with Gasteiger partial charge in [-0.2, -0.15) is 0 Å². The number of hydrogen-bond acceptors (Lipinski definition) is 2. The smallest absolute Gasteiger partial charge is 0.188 e. The van der Waals surface area contributed by atoms with Gasteiger partial charge in [0.05, 0.1) is 0 Å². The normalized spacial score (nSPS) is 22.5. The second-order valence-corrected chi connectivity index (χ2v) is 6.73. The van der Waals surface area contributed by atoms with Crippen LogP contribution in [0, 0.1) is 0 Å². The van der Waals surface area contributed by atoms with E-state index in [0.717, 1.165) is 19.0 Å². The minimum Gasteiger partial charge on any atom is -0.370 e. The van der Waals surface area contributed by atoms with E-state index in [1.807, 2.05) is 0 Å². The van der Waals surface area contributed by atoms with Gasteiger partial charge in [0.25, 0.3) is 0 Å². The average molecular weight is 268 g/mol. The molecule has 0 radical (unpaired) electrons. The highest BCUT2D eigenvalue weighted by Crippen LogP contribution is 2.16. The number of rotatable bonds is 5. The molecular weight excluding hydrogens is 236 g/mol. The van der Waals surface area contributed by atoms with Gasteiger partial charge < -0.3 is 16.0 Å². The number of guanidine groups is 1. The lowest BCUT2D eigenvalue weighted by Crippen LogP contribution is -2.45. The number of unbranched alkanes of at least 4 members (excludes halogenated alkanes) is 1. The Morgan fingerprint density at radius 2 is 2.05 bits per heavy atom. The van der Waals surface area contributed by atoms with Crippen LogP contribution in [0.1, 0.15) is 59.8 Å². The molecule has 1 rings (SSSR count). The van der Waals surface area contributed by atoms with Gasteiger partial charge in [-0.25, -0.2) is 0 Å². The maximum Gasteiger partial charge on any atom is 0.188 e. The molecule has 0 aromatic heterocycles. The summed E-state index contributed by atoms with van der Waals surface area (Å²) in [5.74, 6) is 0.568. The molecule has 19 heavy (non-hydrogen) atoms. The highest BCUT2D eigenvalue weighted by molar-refractivity contribution is 5.78. The van der Waals surface area contributed by atoms with Crippen LogP contribution in [0.5, 0.6) is 0 Å². The molecule has 4 heteroatoms. The van der Waals surface area contributed by atoms with Gasteiger partial charge in [0, 0.05) is 18.1 Å². The lowest BCUT2D eigenvalue weighted by molar-refractivity contribution is 0.158. The zero-order chi connectivity index (χ0) is 14.3. The van der Waals surface area contributed by atoms with Crippen molar-refractivity contribution in [2.75, 3.05) is 19.6 Å². The third kappa shape index (κ3) is 7.41. The Bertz CT molecular complexity index is 280. The molecule has 1 atom stereocenters. The van der Waals surface area contributed by atoms with Gasteiger partial charge >= 0.3 is 0 Å². The number of nitrogens with two attached hydrogens (primary N) is 1. The van der Waals surface area contributed by atoms with E-state index in [-0.39, 0.29) is 5.54 Å². The Balaban J connectivity index is 2.12. The molecule has 1 saturated heterocycles. The Morgan fingerprint density at radius 1 is 1.32 bits per heavy atom.